The van der Waals surface area contributed by atoms with E-state index >= 15 is 0 Å². The highest BCUT2D eigenvalue weighted by Crippen LogP contribution is 2.23. The van der Waals surface area contributed by atoms with Gasteiger partial charge in [0, 0.05) is 18.1 Å². The zero-order valence-corrected chi connectivity index (χ0v) is 12.6. The number of halogens is 1. The second kappa shape index (κ2) is 6.03. The summed E-state index contributed by atoms with van der Waals surface area (Å²) in [5, 5.41) is 4.43. The molecule has 2 aromatic carbocycles. The topological polar surface area (TPSA) is 53.6 Å². The van der Waals surface area contributed by atoms with E-state index in [1.54, 1.807) is 6.20 Å². The van der Waals surface area contributed by atoms with Crippen LogP contribution in [0, 0.1) is 0 Å². The molecule has 0 amide bonds. The first-order chi connectivity index (χ1) is 10.4. The second-order valence-corrected chi connectivity index (χ2v) is 4.96. The number of anilines is 1. The normalized spacial score (nSPS) is 10.5. The Hall–Kier alpha value is -2.59. The molecule has 2 aromatic heterocycles. The number of hydrogen-bond acceptors (Lipinski definition) is 3. The minimum Gasteiger partial charge on any atom is -0.352 e. The Bertz CT molecular complexity index is 902. The van der Waals surface area contributed by atoms with Crippen molar-refractivity contribution in [2.24, 2.45) is 0 Å². The molecule has 2 N–H and O–H groups in total. The van der Waals surface area contributed by atoms with Gasteiger partial charge in [-0.2, -0.15) is 0 Å². The smallest absolute Gasteiger partial charge is 0.201 e. The van der Waals surface area contributed by atoms with Crippen LogP contribution in [0.15, 0.2) is 60.8 Å². The Morgan fingerprint density at radius 2 is 1.82 bits per heavy atom. The number of benzene rings is 2. The van der Waals surface area contributed by atoms with Crippen LogP contribution >= 0.6 is 12.4 Å². The highest BCUT2D eigenvalue weighted by Gasteiger charge is 2.06. The van der Waals surface area contributed by atoms with E-state index in [-0.39, 0.29) is 12.4 Å². The standard InChI is InChI=1S/C17H14N4.ClH/c1-2-5-12(6-3-1)11-19-17-20-14-9-8-13-7-4-10-18-15(13)16(14)21-17;/h1-10H,11H2,(H2,19,20,21);1H. The van der Waals surface area contributed by atoms with Crippen molar-refractivity contribution in [2.75, 3.05) is 5.32 Å². The van der Waals surface area contributed by atoms with Gasteiger partial charge in [0.05, 0.1) is 16.6 Å². The molecular weight excluding hydrogens is 296 g/mol. The van der Waals surface area contributed by atoms with Crippen molar-refractivity contribution in [3.8, 4) is 0 Å². The maximum absolute atomic E-state index is 4.57. The Morgan fingerprint density at radius 1 is 0.955 bits per heavy atom. The molecule has 0 fully saturated rings. The van der Waals surface area contributed by atoms with Crippen LogP contribution in [-0.4, -0.2) is 15.0 Å². The summed E-state index contributed by atoms with van der Waals surface area (Å²) >= 11 is 0. The van der Waals surface area contributed by atoms with Gasteiger partial charge in [0.2, 0.25) is 5.95 Å². The summed E-state index contributed by atoms with van der Waals surface area (Å²) < 4.78 is 0. The summed E-state index contributed by atoms with van der Waals surface area (Å²) in [5.74, 6) is 0.770. The van der Waals surface area contributed by atoms with Gasteiger partial charge in [0.25, 0.3) is 0 Å². The van der Waals surface area contributed by atoms with E-state index in [1.165, 1.54) is 5.56 Å². The average Bonchev–Trinajstić information content (AvgIpc) is 2.97. The van der Waals surface area contributed by atoms with Gasteiger partial charge < -0.3 is 10.3 Å². The molecule has 0 saturated heterocycles. The number of aromatic nitrogens is 3. The highest BCUT2D eigenvalue weighted by atomic mass is 35.5. The fourth-order valence-corrected chi connectivity index (χ4v) is 2.48. The monoisotopic (exact) mass is 310 g/mol. The molecule has 110 valence electrons. The summed E-state index contributed by atoms with van der Waals surface area (Å²) in [6.45, 7) is 0.742. The molecule has 4 rings (SSSR count). The third-order valence-electron chi connectivity index (χ3n) is 3.53. The van der Waals surface area contributed by atoms with Crippen LogP contribution in [0.3, 0.4) is 0 Å². The molecule has 0 aliphatic rings. The molecule has 5 heteroatoms. The molecule has 4 nitrogen and oxygen atoms in total. The fraction of sp³-hybridized carbons (Fsp3) is 0.0588. The zero-order valence-electron chi connectivity index (χ0n) is 11.8. The van der Waals surface area contributed by atoms with E-state index in [9.17, 15) is 0 Å². The molecule has 0 radical (unpaired) electrons. The van der Waals surface area contributed by atoms with Crippen molar-refractivity contribution in [3.05, 3.63) is 66.4 Å². The van der Waals surface area contributed by atoms with E-state index in [2.05, 4.69) is 38.5 Å². The largest absolute Gasteiger partial charge is 0.352 e. The molecule has 0 saturated carbocycles. The van der Waals surface area contributed by atoms with Crippen LogP contribution in [0.5, 0.6) is 0 Å². The van der Waals surface area contributed by atoms with Gasteiger partial charge in [-0.1, -0.05) is 42.5 Å². The molecular formula is C17H15ClN4. The molecule has 0 unspecified atom stereocenters. The van der Waals surface area contributed by atoms with Crippen LogP contribution < -0.4 is 5.32 Å². The summed E-state index contributed by atoms with van der Waals surface area (Å²) in [6.07, 6.45) is 1.81. The summed E-state index contributed by atoms with van der Waals surface area (Å²) in [6, 6.07) is 18.3. The number of aromatic amines is 1. The van der Waals surface area contributed by atoms with E-state index in [0.29, 0.717) is 0 Å². The number of hydrogen-bond donors (Lipinski definition) is 2. The predicted octanol–water partition coefficient (Wildman–Crippen LogP) is 4.15. The van der Waals surface area contributed by atoms with Gasteiger partial charge in [0.15, 0.2) is 0 Å². The fourth-order valence-electron chi connectivity index (χ4n) is 2.48. The first-order valence-electron chi connectivity index (χ1n) is 6.91. The van der Waals surface area contributed by atoms with Crippen molar-refractivity contribution in [1.82, 2.24) is 15.0 Å². The lowest BCUT2D eigenvalue weighted by Gasteiger charge is -2.02. The van der Waals surface area contributed by atoms with Gasteiger partial charge in [-0.25, -0.2) is 4.98 Å². The van der Waals surface area contributed by atoms with Crippen LogP contribution in [0.25, 0.3) is 21.9 Å². The first kappa shape index (κ1) is 14.4. The third kappa shape index (κ3) is 2.61. The quantitative estimate of drug-likeness (QED) is 0.598. The Labute approximate surface area is 134 Å². The SMILES string of the molecule is Cl.c1ccc(CNc2nc3ccc4cccnc4c3[nH]2)cc1. The third-order valence-corrected chi connectivity index (χ3v) is 3.53. The molecule has 0 aliphatic carbocycles. The minimum absolute atomic E-state index is 0. The predicted molar refractivity (Wildman–Crippen MR) is 92.4 cm³/mol. The van der Waals surface area contributed by atoms with Crippen LogP contribution in [-0.2, 0) is 6.54 Å². The molecule has 2 heterocycles. The lowest BCUT2D eigenvalue weighted by Crippen LogP contribution is -2.00. The van der Waals surface area contributed by atoms with Crippen molar-refractivity contribution >= 4 is 40.3 Å². The lowest BCUT2D eigenvalue weighted by molar-refractivity contribution is 1.10. The summed E-state index contributed by atoms with van der Waals surface area (Å²) in [5.41, 5.74) is 4.08. The van der Waals surface area contributed by atoms with Crippen molar-refractivity contribution in [1.29, 1.82) is 0 Å². The van der Waals surface area contributed by atoms with Crippen molar-refractivity contribution in [2.45, 2.75) is 6.54 Å². The molecule has 4 aromatic rings. The summed E-state index contributed by atoms with van der Waals surface area (Å²) in [4.78, 5) is 12.3. The van der Waals surface area contributed by atoms with Crippen LogP contribution in [0.2, 0.25) is 0 Å². The maximum atomic E-state index is 4.57. The van der Waals surface area contributed by atoms with Crippen molar-refractivity contribution < 1.29 is 0 Å². The number of nitrogens with zero attached hydrogens (tertiary/aromatic N) is 2. The Morgan fingerprint density at radius 3 is 2.68 bits per heavy atom. The van der Waals surface area contributed by atoms with E-state index in [4.69, 9.17) is 0 Å². The maximum Gasteiger partial charge on any atom is 0.201 e. The molecule has 0 bridgehead atoms. The highest BCUT2D eigenvalue weighted by molar-refractivity contribution is 6.02. The molecule has 0 spiro atoms. The number of rotatable bonds is 3. The summed E-state index contributed by atoms with van der Waals surface area (Å²) in [7, 11) is 0. The minimum atomic E-state index is 0. The molecule has 0 atom stereocenters. The van der Waals surface area contributed by atoms with Crippen LogP contribution in [0.1, 0.15) is 5.56 Å². The van der Waals surface area contributed by atoms with Gasteiger partial charge in [-0.05, 0) is 17.7 Å². The average molecular weight is 311 g/mol. The zero-order chi connectivity index (χ0) is 14.1. The first-order valence-corrected chi connectivity index (χ1v) is 6.91. The number of nitrogens with one attached hydrogen (secondary N) is 2. The van der Waals surface area contributed by atoms with Gasteiger partial charge >= 0.3 is 0 Å². The van der Waals surface area contributed by atoms with E-state index < -0.39 is 0 Å². The van der Waals surface area contributed by atoms with Crippen molar-refractivity contribution in [3.63, 3.8) is 0 Å². The lowest BCUT2D eigenvalue weighted by atomic mass is 10.2. The van der Waals surface area contributed by atoms with E-state index in [0.717, 1.165) is 34.4 Å². The Kier molecular flexibility index (Phi) is 3.94. The number of pyridine rings is 1. The van der Waals surface area contributed by atoms with Gasteiger partial charge in [-0.3, -0.25) is 4.98 Å². The molecule has 0 aliphatic heterocycles. The van der Waals surface area contributed by atoms with Crippen LogP contribution in [0.4, 0.5) is 5.95 Å². The molecule has 22 heavy (non-hydrogen) atoms. The Balaban J connectivity index is 0.00000144. The van der Waals surface area contributed by atoms with E-state index in [1.807, 2.05) is 36.4 Å². The van der Waals surface area contributed by atoms with Gasteiger partial charge in [-0.15, -0.1) is 12.4 Å². The number of imidazole rings is 1. The number of fused-ring (bicyclic) bond motifs is 3. The van der Waals surface area contributed by atoms with Gasteiger partial charge in [0.1, 0.15) is 0 Å². The number of H-pyrrole nitrogens is 1. The second-order valence-electron chi connectivity index (χ2n) is 4.96.